The monoisotopic (exact) mass is 681 g/mol. The lowest BCUT2D eigenvalue weighted by Gasteiger charge is -2.22. The molecule has 0 amide bonds. The van der Waals surface area contributed by atoms with Crippen LogP contribution >= 0.6 is 11.6 Å². The summed E-state index contributed by atoms with van der Waals surface area (Å²) < 4.78 is 117. The molecule has 0 aliphatic carbocycles. The fourth-order valence-corrected chi connectivity index (χ4v) is 4.71. The zero-order valence-corrected chi connectivity index (χ0v) is 28.1. The van der Waals surface area contributed by atoms with Crippen molar-refractivity contribution in [3.05, 3.63) is 98.0 Å². The second-order valence-corrected chi connectivity index (χ2v) is 11.3. The van der Waals surface area contributed by atoms with Crippen LogP contribution in [0.15, 0.2) is 58.3 Å². The molecule has 11 heteroatoms. The summed E-state index contributed by atoms with van der Waals surface area (Å²) >= 11 is 6.08. The van der Waals surface area contributed by atoms with Crippen molar-refractivity contribution < 1.29 is 39.5 Å². The lowest BCUT2D eigenvalue weighted by molar-refractivity contribution is -0.0915. The molecule has 1 atom stereocenters. The second-order valence-electron chi connectivity index (χ2n) is 10.9. The van der Waals surface area contributed by atoms with Gasteiger partial charge in [0.25, 0.3) is 0 Å². The molecule has 2 aromatic carbocycles. The molecule has 46 heavy (non-hydrogen) atoms. The molecular formula is C35H41ClF9N. The van der Waals surface area contributed by atoms with Crippen molar-refractivity contribution in [3.8, 4) is 0 Å². The van der Waals surface area contributed by atoms with Gasteiger partial charge in [0, 0.05) is 17.2 Å². The standard InChI is InChI=1S/C24H28ClF3.C11H13F6N/c1-6-8-9-18(20-13-21(25)22(26)12-17(20)7-2)15(4)16(5)19-11-10-14(3)23(27)24(19)28;1-4-5-8(3)18-9(11(15,16)17)6-7(2)10(12,13)14/h10-13,16H,6-9H2,1-5H3;5-6H,4H2,1-3H3/b18-15+;7-6+,8-5+,18-9-. The van der Waals surface area contributed by atoms with Gasteiger partial charge in [0.2, 0.25) is 0 Å². The van der Waals surface area contributed by atoms with E-state index in [9.17, 15) is 39.5 Å². The van der Waals surface area contributed by atoms with Gasteiger partial charge in [-0.3, -0.25) is 0 Å². The summed E-state index contributed by atoms with van der Waals surface area (Å²) in [7, 11) is 0. The van der Waals surface area contributed by atoms with E-state index in [2.05, 4.69) is 11.9 Å². The minimum Gasteiger partial charge on any atom is -0.249 e. The van der Waals surface area contributed by atoms with Crippen molar-refractivity contribution in [2.45, 2.75) is 106 Å². The number of aryl methyl sites for hydroxylation is 2. The molecule has 0 saturated heterocycles. The molecule has 0 N–H and O–H groups in total. The first-order chi connectivity index (χ1) is 21.2. The van der Waals surface area contributed by atoms with Crippen LogP contribution < -0.4 is 0 Å². The van der Waals surface area contributed by atoms with Crippen molar-refractivity contribution >= 4 is 22.9 Å². The number of allylic oxidation sites excluding steroid dienone is 6. The summed E-state index contributed by atoms with van der Waals surface area (Å²) in [6.07, 6.45) is -4.50. The molecule has 1 nitrogen and oxygen atoms in total. The number of halogens is 10. The van der Waals surface area contributed by atoms with Gasteiger partial charge in [0.05, 0.1) is 5.02 Å². The van der Waals surface area contributed by atoms with Gasteiger partial charge >= 0.3 is 12.4 Å². The first-order valence-electron chi connectivity index (χ1n) is 14.9. The Morgan fingerprint density at radius 2 is 1.52 bits per heavy atom. The van der Waals surface area contributed by atoms with E-state index in [4.69, 9.17) is 11.6 Å². The van der Waals surface area contributed by atoms with Gasteiger partial charge in [0.15, 0.2) is 11.6 Å². The summed E-state index contributed by atoms with van der Waals surface area (Å²) in [4.78, 5) is 3.17. The highest BCUT2D eigenvalue weighted by Gasteiger charge is 2.38. The maximum absolute atomic E-state index is 14.6. The minimum atomic E-state index is -4.92. The number of hydrogen-bond acceptors (Lipinski definition) is 1. The van der Waals surface area contributed by atoms with Crippen molar-refractivity contribution in [3.63, 3.8) is 0 Å². The van der Waals surface area contributed by atoms with Gasteiger partial charge in [-0.1, -0.05) is 69.5 Å². The second kappa shape index (κ2) is 17.8. The van der Waals surface area contributed by atoms with Crippen molar-refractivity contribution in [1.82, 2.24) is 0 Å². The Morgan fingerprint density at radius 3 is 2.02 bits per heavy atom. The molecule has 0 saturated carbocycles. The lowest BCUT2D eigenvalue weighted by Crippen LogP contribution is -2.23. The van der Waals surface area contributed by atoms with Gasteiger partial charge in [-0.2, -0.15) is 26.3 Å². The smallest absolute Gasteiger partial charge is 0.249 e. The highest BCUT2D eigenvalue weighted by Crippen LogP contribution is 2.38. The van der Waals surface area contributed by atoms with Gasteiger partial charge in [-0.05, 0) is 99.4 Å². The van der Waals surface area contributed by atoms with Crippen LogP contribution in [-0.4, -0.2) is 18.1 Å². The molecular weight excluding hydrogens is 641 g/mol. The average Bonchev–Trinajstić information content (AvgIpc) is 2.96. The third kappa shape index (κ3) is 11.7. The lowest BCUT2D eigenvalue weighted by atomic mass is 9.83. The van der Waals surface area contributed by atoms with E-state index >= 15 is 0 Å². The summed E-state index contributed by atoms with van der Waals surface area (Å²) in [5.74, 6) is -2.34. The minimum absolute atomic E-state index is 0.00694. The van der Waals surface area contributed by atoms with Crippen molar-refractivity contribution in [2.75, 3.05) is 0 Å². The molecule has 0 aliphatic rings. The average molecular weight is 682 g/mol. The van der Waals surface area contributed by atoms with E-state index < -0.39 is 41.1 Å². The molecule has 2 rings (SSSR count). The molecule has 0 fully saturated rings. The van der Waals surface area contributed by atoms with Gasteiger partial charge in [-0.15, -0.1) is 0 Å². The van der Waals surface area contributed by atoms with Crippen LogP contribution in [0.1, 0.15) is 102 Å². The number of aliphatic imine (C=N–C) groups is 1. The Kier molecular flexibility index (Phi) is 15.9. The summed E-state index contributed by atoms with van der Waals surface area (Å²) in [6.45, 7) is 13.0. The maximum Gasteiger partial charge on any atom is 0.433 e. The SMILES string of the molecule is CC/C=C(C)/N=C(/C=C(\C)C(F)(F)F)C(F)(F)F.CCCC/C(=C(/C)C(C)c1ccc(C)c(F)c1F)c1cc(Cl)c(F)cc1CC. The first kappa shape index (κ1) is 41.0. The summed E-state index contributed by atoms with van der Waals surface area (Å²) in [6, 6.07) is 6.41. The number of benzene rings is 2. The first-order valence-corrected chi connectivity index (χ1v) is 15.3. The number of nitrogens with zero attached hydrogens (tertiary/aromatic N) is 1. The van der Waals surface area contributed by atoms with E-state index in [1.165, 1.54) is 19.1 Å². The van der Waals surface area contributed by atoms with Gasteiger partial charge in [0.1, 0.15) is 11.5 Å². The molecule has 0 bridgehead atoms. The number of alkyl halides is 6. The van der Waals surface area contributed by atoms with Crippen molar-refractivity contribution in [2.24, 2.45) is 4.99 Å². The molecule has 0 aromatic heterocycles. The van der Waals surface area contributed by atoms with Gasteiger partial charge < -0.3 is 0 Å². The summed E-state index contributed by atoms with van der Waals surface area (Å²) in [5.41, 5.74) is 1.51. The Hall–Kier alpha value is -3.01. The third-order valence-electron chi connectivity index (χ3n) is 7.42. The predicted molar refractivity (Wildman–Crippen MR) is 170 cm³/mol. The van der Waals surface area contributed by atoms with Crippen LogP contribution in [0.5, 0.6) is 0 Å². The molecule has 0 radical (unpaired) electrons. The number of unbranched alkanes of at least 4 members (excludes halogenated alkanes) is 1. The fraction of sp³-hybridized carbons (Fsp3) is 0.457. The molecule has 256 valence electrons. The van der Waals surface area contributed by atoms with E-state index in [0.717, 1.165) is 41.5 Å². The maximum atomic E-state index is 14.6. The van der Waals surface area contributed by atoms with E-state index in [-0.39, 0.29) is 22.7 Å². The Morgan fingerprint density at radius 1 is 0.913 bits per heavy atom. The fourth-order valence-electron chi connectivity index (χ4n) is 4.54. The predicted octanol–water partition coefficient (Wildman–Crippen LogP) is 13.2. The molecule has 0 spiro atoms. The topological polar surface area (TPSA) is 12.4 Å². The van der Waals surface area contributed by atoms with Crippen molar-refractivity contribution in [1.29, 1.82) is 0 Å². The zero-order chi connectivity index (χ0) is 35.6. The van der Waals surface area contributed by atoms with Crippen LogP contribution in [0.25, 0.3) is 5.57 Å². The van der Waals surface area contributed by atoms with E-state index in [0.29, 0.717) is 30.9 Å². The zero-order valence-electron chi connectivity index (χ0n) is 27.3. The Labute approximate surface area is 271 Å². The Balaban J connectivity index is 0.000000510. The highest BCUT2D eigenvalue weighted by atomic mass is 35.5. The normalized spacial score (nSPS) is 14.5. The van der Waals surface area contributed by atoms with E-state index in [1.807, 2.05) is 20.8 Å². The molecule has 2 aromatic rings. The summed E-state index contributed by atoms with van der Waals surface area (Å²) in [5, 5.41) is 0.0780. The molecule has 0 heterocycles. The number of hydrogen-bond donors (Lipinski definition) is 0. The van der Waals surface area contributed by atoms with Crippen LogP contribution in [0, 0.1) is 24.4 Å². The van der Waals surface area contributed by atoms with E-state index in [1.54, 1.807) is 32.0 Å². The highest BCUT2D eigenvalue weighted by molar-refractivity contribution is 6.31. The van der Waals surface area contributed by atoms with Crippen LogP contribution in [0.4, 0.5) is 39.5 Å². The van der Waals surface area contributed by atoms with Crippen LogP contribution in [0.2, 0.25) is 5.02 Å². The van der Waals surface area contributed by atoms with Crippen LogP contribution in [0.3, 0.4) is 0 Å². The quantitative estimate of drug-likeness (QED) is 0.175. The van der Waals surface area contributed by atoms with Crippen LogP contribution in [-0.2, 0) is 6.42 Å². The largest absolute Gasteiger partial charge is 0.433 e. The number of rotatable bonds is 10. The molecule has 0 aliphatic heterocycles. The molecule has 1 unspecified atom stereocenters. The van der Waals surface area contributed by atoms with Gasteiger partial charge in [-0.25, -0.2) is 18.2 Å². The Bertz CT molecular complexity index is 1460. The third-order valence-corrected chi connectivity index (χ3v) is 7.71.